The smallest absolute Gasteiger partial charge is 0.131 e. The van der Waals surface area contributed by atoms with Gasteiger partial charge in [-0.25, -0.2) is 0 Å². The van der Waals surface area contributed by atoms with Gasteiger partial charge in [0.2, 0.25) is 0 Å². The van der Waals surface area contributed by atoms with Crippen molar-refractivity contribution in [3.05, 3.63) is 0 Å². The van der Waals surface area contributed by atoms with Crippen molar-refractivity contribution in [2.75, 3.05) is 34.2 Å². The van der Waals surface area contributed by atoms with Gasteiger partial charge in [0.1, 0.15) is 5.78 Å². The van der Waals surface area contributed by atoms with E-state index >= 15 is 0 Å². The van der Waals surface area contributed by atoms with Crippen LogP contribution >= 0.6 is 0 Å². The van der Waals surface area contributed by atoms with Crippen molar-refractivity contribution < 1.29 is 4.79 Å². The SMILES string of the molecule is CC(=O)CC(C1CCN(C)CC1)N(C)C. The minimum Gasteiger partial charge on any atom is -0.306 e. The van der Waals surface area contributed by atoms with Crippen LogP contribution in [0.1, 0.15) is 26.2 Å². The third-order valence-corrected chi connectivity index (χ3v) is 3.47. The van der Waals surface area contributed by atoms with Gasteiger partial charge in [-0.3, -0.25) is 4.79 Å². The molecule has 0 saturated carbocycles. The van der Waals surface area contributed by atoms with Crippen molar-refractivity contribution in [2.24, 2.45) is 5.92 Å². The first kappa shape index (κ1) is 12.7. The van der Waals surface area contributed by atoms with Gasteiger partial charge in [0, 0.05) is 12.5 Å². The summed E-state index contributed by atoms with van der Waals surface area (Å²) in [4.78, 5) is 15.8. The topological polar surface area (TPSA) is 23.6 Å². The maximum atomic E-state index is 11.2. The first-order chi connectivity index (χ1) is 7.00. The average Bonchev–Trinajstić information content (AvgIpc) is 2.15. The fourth-order valence-corrected chi connectivity index (χ4v) is 2.48. The van der Waals surface area contributed by atoms with Crippen LogP contribution in [0.4, 0.5) is 0 Å². The Morgan fingerprint density at radius 1 is 1.40 bits per heavy atom. The summed E-state index contributed by atoms with van der Waals surface area (Å²) in [6.45, 7) is 4.05. The molecule has 88 valence electrons. The van der Waals surface area contributed by atoms with Crippen LogP contribution in [0.5, 0.6) is 0 Å². The number of piperidine rings is 1. The zero-order valence-corrected chi connectivity index (χ0v) is 10.5. The average molecular weight is 212 g/mol. The van der Waals surface area contributed by atoms with Crippen LogP contribution in [0.25, 0.3) is 0 Å². The van der Waals surface area contributed by atoms with Crippen LogP contribution in [0.15, 0.2) is 0 Å². The lowest BCUT2D eigenvalue weighted by atomic mass is 9.86. The monoisotopic (exact) mass is 212 g/mol. The second-order valence-corrected chi connectivity index (χ2v) is 5.08. The minimum atomic E-state index is 0.313. The van der Waals surface area contributed by atoms with Crippen LogP contribution in [-0.2, 0) is 4.79 Å². The van der Waals surface area contributed by atoms with Gasteiger partial charge in [-0.1, -0.05) is 0 Å². The molecule has 3 heteroatoms. The van der Waals surface area contributed by atoms with Gasteiger partial charge < -0.3 is 9.80 Å². The van der Waals surface area contributed by atoms with Gasteiger partial charge in [-0.05, 0) is 59.9 Å². The fraction of sp³-hybridized carbons (Fsp3) is 0.917. The van der Waals surface area contributed by atoms with Crippen molar-refractivity contribution in [3.8, 4) is 0 Å². The van der Waals surface area contributed by atoms with Crippen LogP contribution in [0.2, 0.25) is 0 Å². The maximum Gasteiger partial charge on any atom is 0.131 e. The van der Waals surface area contributed by atoms with Crippen LogP contribution in [0, 0.1) is 5.92 Å². The molecule has 0 bridgehead atoms. The van der Waals surface area contributed by atoms with E-state index in [-0.39, 0.29) is 0 Å². The van der Waals surface area contributed by atoms with Crippen molar-refractivity contribution in [1.29, 1.82) is 0 Å². The quantitative estimate of drug-likeness (QED) is 0.700. The third kappa shape index (κ3) is 3.92. The number of ketones is 1. The molecule has 1 aliphatic heterocycles. The number of rotatable bonds is 4. The summed E-state index contributed by atoms with van der Waals surface area (Å²) >= 11 is 0. The standard InChI is InChI=1S/C12H24N2O/c1-10(15)9-12(13(2)3)11-5-7-14(4)8-6-11/h11-12H,5-9H2,1-4H3. The minimum absolute atomic E-state index is 0.313. The second kappa shape index (κ2) is 5.61. The molecule has 0 N–H and O–H groups in total. The van der Waals surface area contributed by atoms with Crippen molar-refractivity contribution >= 4 is 5.78 Å². The lowest BCUT2D eigenvalue weighted by Crippen LogP contribution is -2.42. The molecule has 1 fully saturated rings. The van der Waals surface area contributed by atoms with Crippen molar-refractivity contribution in [3.63, 3.8) is 0 Å². The van der Waals surface area contributed by atoms with Crippen LogP contribution in [0.3, 0.4) is 0 Å². The lowest BCUT2D eigenvalue weighted by molar-refractivity contribution is -0.118. The number of hydrogen-bond acceptors (Lipinski definition) is 3. The Kier molecular flexibility index (Phi) is 4.74. The van der Waals surface area contributed by atoms with E-state index in [9.17, 15) is 4.79 Å². The zero-order chi connectivity index (χ0) is 11.4. The molecule has 0 aromatic carbocycles. The number of carbonyl (C=O) groups excluding carboxylic acids is 1. The van der Waals surface area contributed by atoms with Gasteiger partial charge in [0.25, 0.3) is 0 Å². The van der Waals surface area contributed by atoms with Crippen molar-refractivity contribution in [2.45, 2.75) is 32.2 Å². The molecule has 15 heavy (non-hydrogen) atoms. The molecule has 1 atom stereocenters. The fourth-order valence-electron chi connectivity index (χ4n) is 2.48. The summed E-state index contributed by atoms with van der Waals surface area (Å²) in [5, 5.41) is 0. The number of carbonyl (C=O) groups is 1. The van der Waals surface area contributed by atoms with E-state index in [1.54, 1.807) is 6.92 Å². The Morgan fingerprint density at radius 3 is 2.33 bits per heavy atom. The van der Waals surface area contributed by atoms with E-state index in [2.05, 4.69) is 30.9 Å². The van der Waals surface area contributed by atoms with Gasteiger partial charge in [0.15, 0.2) is 0 Å². The molecular weight excluding hydrogens is 188 g/mol. The Hall–Kier alpha value is -0.410. The first-order valence-corrected chi connectivity index (χ1v) is 5.85. The highest BCUT2D eigenvalue weighted by Gasteiger charge is 2.27. The third-order valence-electron chi connectivity index (χ3n) is 3.47. The number of nitrogens with zero attached hydrogens (tertiary/aromatic N) is 2. The van der Waals surface area contributed by atoms with E-state index in [0.29, 0.717) is 24.2 Å². The van der Waals surface area contributed by atoms with Crippen LogP contribution in [-0.4, -0.2) is 55.9 Å². The lowest BCUT2D eigenvalue weighted by Gasteiger charge is -2.37. The van der Waals surface area contributed by atoms with E-state index in [4.69, 9.17) is 0 Å². The summed E-state index contributed by atoms with van der Waals surface area (Å²) in [5.74, 6) is 1.01. The number of hydrogen-bond donors (Lipinski definition) is 0. The predicted octanol–water partition coefficient (Wildman–Crippen LogP) is 1.24. The zero-order valence-electron chi connectivity index (χ0n) is 10.5. The number of Topliss-reactive ketones (excluding diaryl/α,β-unsaturated/α-hetero) is 1. The molecule has 0 amide bonds. The highest BCUT2D eigenvalue weighted by molar-refractivity contribution is 5.76. The molecule has 1 rings (SSSR count). The molecule has 1 heterocycles. The molecular formula is C12H24N2O. The molecule has 0 aromatic rings. The summed E-state index contributed by atoms with van der Waals surface area (Å²) in [6, 6.07) is 0.441. The normalized spacial score (nSPS) is 21.9. The largest absolute Gasteiger partial charge is 0.306 e. The molecule has 0 radical (unpaired) electrons. The van der Waals surface area contributed by atoms with Crippen LogP contribution < -0.4 is 0 Å². The molecule has 1 unspecified atom stereocenters. The highest BCUT2D eigenvalue weighted by atomic mass is 16.1. The Bertz CT molecular complexity index is 208. The number of likely N-dealkylation sites (tertiary alicyclic amines) is 1. The molecule has 3 nitrogen and oxygen atoms in total. The second-order valence-electron chi connectivity index (χ2n) is 5.08. The predicted molar refractivity (Wildman–Crippen MR) is 63.0 cm³/mol. The molecule has 1 aliphatic rings. The van der Waals surface area contributed by atoms with Gasteiger partial charge in [0.05, 0.1) is 0 Å². The maximum absolute atomic E-state index is 11.2. The summed E-state index contributed by atoms with van der Waals surface area (Å²) in [7, 11) is 6.35. The van der Waals surface area contributed by atoms with Gasteiger partial charge in [-0.15, -0.1) is 0 Å². The Morgan fingerprint density at radius 2 is 1.93 bits per heavy atom. The molecule has 0 aliphatic carbocycles. The van der Waals surface area contributed by atoms with Crippen molar-refractivity contribution in [1.82, 2.24) is 9.80 Å². The molecule has 1 saturated heterocycles. The molecule has 0 aromatic heterocycles. The van der Waals surface area contributed by atoms with E-state index < -0.39 is 0 Å². The summed E-state index contributed by atoms with van der Waals surface area (Å²) in [6.07, 6.45) is 3.17. The van der Waals surface area contributed by atoms with Gasteiger partial charge >= 0.3 is 0 Å². The van der Waals surface area contributed by atoms with E-state index in [1.807, 2.05) is 0 Å². The summed E-state index contributed by atoms with van der Waals surface area (Å²) in [5.41, 5.74) is 0. The highest BCUT2D eigenvalue weighted by Crippen LogP contribution is 2.24. The van der Waals surface area contributed by atoms with Gasteiger partial charge in [-0.2, -0.15) is 0 Å². The Balaban J connectivity index is 2.52. The Labute approximate surface area is 93.4 Å². The van der Waals surface area contributed by atoms with E-state index in [0.717, 1.165) is 0 Å². The van der Waals surface area contributed by atoms with E-state index in [1.165, 1.54) is 25.9 Å². The summed E-state index contributed by atoms with van der Waals surface area (Å²) < 4.78 is 0. The molecule has 0 spiro atoms. The first-order valence-electron chi connectivity index (χ1n) is 5.85.